The summed E-state index contributed by atoms with van der Waals surface area (Å²) in [6.45, 7) is 8.55. The minimum atomic E-state index is 0.208. The first-order valence-corrected chi connectivity index (χ1v) is 6.11. The van der Waals surface area contributed by atoms with Crippen molar-refractivity contribution in [1.82, 2.24) is 10.6 Å². The maximum Gasteiger partial charge on any atom is 0.0468 e. The van der Waals surface area contributed by atoms with Gasteiger partial charge in [0, 0.05) is 25.3 Å². The van der Waals surface area contributed by atoms with Crippen LogP contribution in [0.4, 0.5) is 0 Å². The largest absolute Gasteiger partial charge is 0.381 e. The summed E-state index contributed by atoms with van der Waals surface area (Å²) in [5, 5.41) is 6.82. The van der Waals surface area contributed by atoms with Gasteiger partial charge in [-0.25, -0.2) is 0 Å². The highest BCUT2D eigenvalue weighted by molar-refractivity contribution is 4.79. The van der Waals surface area contributed by atoms with Crippen LogP contribution < -0.4 is 10.6 Å². The van der Waals surface area contributed by atoms with E-state index in [1.165, 1.54) is 19.3 Å². The van der Waals surface area contributed by atoms with Gasteiger partial charge in [-0.05, 0) is 52.6 Å². The average Bonchev–Trinajstić information content (AvgIpc) is 2.19. The van der Waals surface area contributed by atoms with Crippen molar-refractivity contribution in [2.24, 2.45) is 5.92 Å². The molecule has 0 saturated carbocycles. The second kappa shape index (κ2) is 6.46. The third-order valence-corrected chi connectivity index (χ3v) is 3.12. The first-order valence-electron chi connectivity index (χ1n) is 6.11. The first-order chi connectivity index (χ1) is 7.14. The topological polar surface area (TPSA) is 33.3 Å². The van der Waals surface area contributed by atoms with E-state index in [4.69, 9.17) is 4.74 Å². The van der Waals surface area contributed by atoms with Gasteiger partial charge in [-0.15, -0.1) is 0 Å². The maximum atomic E-state index is 5.36. The van der Waals surface area contributed by atoms with Crippen molar-refractivity contribution in [1.29, 1.82) is 0 Å². The van der Waals surface area contributed by atoms with Gasteiger partial charge >= 0.3 is 0 Å². The molecule has 0 aromatic rings. The fourth-order valence-corrected chi connectivity index (χ4v) is 2.15. The monoisotopic (exact) mass is 214 g/mol. The fraction of sp³-hybridized carbons (Fsp3) is 1.00. The van der Waals surface area contributed by atoms with Crippen LogP contribution in [-0.2, 0) is 4.74 Å². The van der Waals surface area contributed by atoms with Crippen molar-refractivity contribution in [3.05, 3.63) is 0 Å². The summed E-state index contributed by atoms with van der Waals surface area (Å²) >= 11 is 0. The molecule has 0 radical (unpaired) electrons. The molecule has 90 valence electrons. The Balaban J connectivity index is 2.09. The Bertz CT molecular complexity index is 165. The van der Waals surface area contributed by atoms with E-state index in [-0.39, 0.29) is 5.54 Å². The minimum Gasteiger partial charge on any atom is -0.381 e. The molecule has 0 bridgehead atoms. The van der Waals surface area contributed by atoms with Crippen LogP contribution in [0.25, 0.3) is 0 Å². The summed E-state index contributed by atoms with van der Waals surface area (Å²) in [5.74, 6) is 0.872. The highest BCUT2D eigenvalue weighted by Gasteiger charge is 2.17. The Morgan fingerprint density at radius 1 is 1.27 bits per heavy atom. The van der Waals surface area contributed by atoms with Gasteiger partial charge in [0.15, 0.2) is 0 Å². The first kappa shape index (κ1) is 12.9. The smallest absolute Gasteiger partial charge is 0.0468 e. The minimum absolute atomic E-state index is 0.208. The van der Waals surface area contributed by atoms with E-state index in [1.54, 1.807) is 0 Å². The highest BCUT2D eigenvalue weighted by Crippen LogP contribution is 2.17. The molecule has 1 fully saturated rings. The Labute approximate surface area is 94.0 Å². The molecule has 1 heterocycles. The van der Waals surface area contributed by atoms with Crippen LogP contribution in [0, 0.1) is 5.92 Å². The van der Waals surface area contributed by atoms with Crippen molar-refractivity contribution in [2.45, 2.75) is 38.6 Å². The highest BCUT2D eigenvalue weighted by atomic mass is 16.5. The molecule has 1 rings (SSSR count). The molecular weight excluding hydrogens is 188 g/mol. The summed E-state index contributed by atoms with van der Waals surface area (Å²) < 4.78 is 5.36. The van der Waals surface area contributed by atoms with E-state index in [2.05, 4.69) is 24.5 Å². The van der Waals surface area contributed by atoms with Crippen LogP contribution >= 0.6 is 0 Å². The second-order valence-corrected chi connectivity index (χ2v) is 5.19. The second-order valence-electron chi connectivity index (χ2n) is 5.19. The van der Waals surface area contributed by atoms with Gasteiger partial charge in [-0.1, -0.05) is 0 Å². The standard InChI is InChI=1S/C12H26N2O/c1-12(2,10-13-3)14-7-4-11-5-8-15-9-6-11/h11,13-14H,4-10H2,1-3H3. The SMILES string of the molecule is CNCC(C)(C)NCCC1CCOCC1. The Morgan fingerprint density at radius 2 is 1.93 bits per heavy atom. The third kappa shape index (κ3) is 5.50. The average molecular weight is 214 g/mol. The van der Waals surface area contributed by atoms with Crippen LogP contribution in [0.3, 0.4) is 0 Å². The van der Waals surface area contributed by atoms with Gasteiger partial charge in [-0.3, -0.25) is 0 Å². The molecule has 0 aromatic carbocycles. The molecule has 0 atom stereocenters. The van der Waals surface area contributed by atoms with Crippen LogP contribution in [0.1, 0.15) is 33.1 Å². The molecular formula is C12H26N2O. The van der Waals surface area contributed by atoms with E-state index >= 15 is 0 Å². The molecule has 0 amide bonds. The predicted octanol–water partition coefficient (Wildman–Crippen LogP) is 1.39. The quantitative estimate of drug-likeness (QED) is 0.701. The van der Waals surface area contributed by atoms with Gasteiger partial charge in [0.05, 0.1) is 0 Å². The van der Waals surface area contributed by atoms with Crippen molar-refractivity contribution < 1.29 is 4.74 Å². The van der Waals surface area contributed by atoms with E-state index < -0.39 is 0 Å². The molecule has 1 aliphatic rings. The molecule has 1 aliphatic heterocycles. The molecule has 2 N–H and O–H groups in total. The van der Waals surface area contributed by atoms with Crippen molar-refractivity contribution in [3.63, 3.8) is 0 Å². The van der Waals surface area contributed by atoms with Gasteiger partial charge in [-0.2, -0.15) is 0 Å². The van der Waals surface area contributed by atoms with Gasteiger partial charge in [0.25, 0.3) is 0 Å². The van der Waals surface area contributed by atoms with Crippen molar-refractivity contribution in [3.8, 4) is 0 Å². The van der Waals surface area contributed by atoms with E-state index in [0.29, 0.717) is 0 Å². The molecule has 0 aliphatic carbocycles. The molecule has 0 unspecified atom stereocenters. The predicted molar refractivity (Wildman–Crippen MR) is 64.2 cm³/mol. The number of hydrogen-bond donors (Lipinski definition) is 2. The molecule has 3 nitrogen and oxygen atoms in total. The van der Waals surface area contributed by atoms with E-state index in [0.717, 1.165) is 32.2 Å². The lowest BCUT2D eigenvalue weighted by atomic mass is 9.96. The molecule has 15 heavy (non-hydrogen) atoms. The number of ether oxygens (including phenoxy) is 1. The summed E-state index contributed by atoms with van der Waals surface area (Å²) in [6, 6.07) is 0. The summed E-state index contributed by atoms with van der Waals surface area (Å²) in [7, 11) is 2.00. The number of likely N-dealkylation sites (N-methyl/N-ethyl adjacent to an activating group) is 1. The molecule has 1 saturated heterocycles. The van der Waals surface area contributed by atoms with Gasteiger partial charge < -0.3 is 15.4 Å². The van der Waals surface area contributed by atoms with Gasteiger partial charge in [0.2, 0.25) is 0 Å². The zero-order valence-electron chi connectivity index (χ0n) is 10.4. The molecule has 3 heteroatoms. The normalized spacial score (nSPS) is 19.4. The molecule has 0 spiro atoms. The zero-order valence-corrected chi connectivity index (χ0v) is 10.4. The Morgan fingerprint density at radius 3 is 2.53 bits per heavy atom. The fourth-order valence-electron chi connectivity index (χ4n) is 2.15. The summed E-state index contributed by atoms with van der Waals surface area (Å²) in [4.78, 5) is 0. The van der Waals surface area contributed by atoms with E-state index in [1.807, 2.05) is 7.05 Å². The lowest BCUT2D eigenvalue weighted by Crippen LogP contribution is -2.47. The lowest BCUT2D eigenvalue weighted by molar-refractivity contribution is 0.0634. The lowest BCUT2D eigenvalue weighted by Gasteiger charge is -2.28. The summed E-state index contributed by atoms with van der Waals surface area (Å²) in [6.07, 6.45) is 3.78. The van der Waals surface area contributed by atoms with Crippen LogP contribution in [0.15, 0.2) is 0 Å². The number of nitrogens with one attached hydrogen (secondary N) is 2. The van der Waals surface area contributed by atoms with E-state index in [9.17, 15) is 0 Å². The Kier molecular flexibility index (Phi) is 5.58. The molecule has 0 aromatic heterocycles. The van der Waals surface area contributed by atoms with Crippen molar-refractivity contribution >= 4 is 0 Å². The van der Waals surface area contributed by atoms with Crippen LogP contribution in [0.2, 0.25) is 0 Å². The summed E-state index contributed by atoms with van der Waals surface area (Å²) in [5.41, 5.74) is 0.208. The van der Waals surface area contributed by atoms with Gasteiger partial charge in [0.1, 0.15) is 0 Å². The maximum absolute atomic E-state index is 5.36. The number of hydrogen-bond acceptors (Lipinski definition) is 3. The number of rotatable bonds is 6. The van der Waals surface area contributed by atoms with Crippen LogP contribution in [0.5, 0.6) is 0 Å². The third-order valence-electron chi connectivity index (χ3n) is 3.12. The van der Waals surface area contributed by atoms with Crippen molar-refractivity contribution in [2.75, 3.05) is 33.4 Å². The van der Waals surface area contributed by atoms with Crippen LogP contribution in [-0.4, -0.2) is 38.9 Å². The Hall–Kier alpha value is -0.120. The zero-order chi connectivity index (χ0) is 11.1.